The Morgan fingerprint density at radius 1 is 1.16 bits per heavy atom. The molecule has 5 heteroatoms. The molecule has 0 bridgehead atoms. The van der Waals surface area contributed by atoms with Crippen LogP contribution in [-0.4, -0.2) is 25.4 Å². The lowest BCUT2D eigenvalue weighted by Crippen LogP contribution is -2.24. The number of amides is 1. The van der Waals surface area contributed by atoms with Gasteiger partial charge in [0.05, 0.1) is 19.5 Å². The maximum atomic E-state index is 12.1. The number of hydrogen-bond acceptors (Lipinski definition) is 4. The van der Waals surface area contributed by atoms with Crippen LogP contribution in [0.15, 0.2) is 47.4 Å². The van der Waals surface area contributed by atoms with Crippen molar-refractivity contribution in [3.05, 3.63) is 53.6 Å². The second kappa shape index (κ2) is 9.99. The van der Waals surface area contributed by atoms with Gasteiger partial charge in [-0.3, -0.25) is 4.79 Å². The summed E-state index contributed by atoms with van der Waals surface area (Å²) >= 11 is 1.55. The number of methoxy groups -OCH3 is 1. The Morgan fingerprint density at radius 3 is 2.68 bits per heavy atom. The van der Waals surface area contributed by atoms with E-state index in [0.717, 1.165) is 22.6 Å². The number of aryl methyl sites for hydroxylation is 1. The van der Waals surface area contributed by atoms with Crippen LogP contribution in [0, 0.1) is 6.92 Å². The van der Waals surface area contributed by atoms with Crippen molar-refractivity contribution in [1.29, 1.82) is 0 Å². The van der Waals surface area contributed by atoms with Crippen LogP contribution in [0.25, 0.3) is 0 Å². The maximum Gasteiger partial charge on any atom is 0.230 e. The molecule has 2 rings (SSSR count). The average Bonchev–Trinajstić information content (AvgIpc) is 2.64. The number of carbonyl (C=O) groups is 1. The monoisotopic (exact) mass is 359 g/mol. The summed E-state index contributed by atoms with van der Waals surface area (Å²) in [4.78, 5) is 13.2. The molecule has 0 atom stereocenters. The number of thioether (sulfide) groups is 1. The van der Waals surface area contributed by atoms with Crippen molar-refractivity contribution in [2.45, 2.75) is 31.7 Å². The van der Waals surface area contributed by atoms with E-state index < -0.39 is 0 Å². The van der Waals surface area contributed by atoms with Crippen LogP contribution in [0.1, 0.15) is 24.5 Å². The van der Waals surface area contributed by atoms with Gasteiger partial charge in [0.2, 0.25) is 5.91 Å². The topological polar surface area (TPSA) is 47.6 Å². The van der Waals surface area contributed by atoms with Crippen molar-refractivity contribution in [1.82, 2.24) is 5.32 Å². The molecule has 0 spiro atoms. The van der Waals surface area contributed by atoms with E-state index in [1.54, 1.807) is 18.9 Å². The lowest BCUT2D eigenvalue weighted by atomic mass is 10.2. The summed E-state index contributed by atoms with van der Waals surface area (Å²) in [7, 11) is 1.62. The van der Waals surface area contributed by atoms with E-state index in [2.05, 4.69) is 25.2 Å². The fraction of sp³-hybridized carbons (Fsp3) is 0.350. The molecule has 1 amide bonds. The second-order valence-corrected chi connectivity index (χ2v) is 6.68. The van der Waals surface area contributed by atoms with Crippen LogP contribution >= 0.6 is 11.8 Å². The van der Waals surface area contributed by atoms with Crippen molar-refractivity contribution >= 4 is 17.7 Å². The fourth-order valence-corrected chi connectivity index (χ4v) is 3.13. The van der Waals surface area contributed by atoms with E-state index in [1.165, 1.54) is 5.56 Å². The molecule has 0 aliphatic carbocycles. The highest BCUT2D eigenvalue weighted by Gasteiger charge is 2.08. The molecule has 134 valence electrons. The zero-order valence-electron chi connectivity index (χ0n) is 15.0. The first-order valence-electron chi connectivity index (χ1n) is 8.39. The Kier molecular flexibility index (Phi) is 7.67. The molecule has 0 radical (unpaired) electrons. The largest absolute Gasteiger partial charge is 0.493 e. The molecular formula is C20H25NO3S. The van der Waals surface area contributed by atoms with Gasteiger partial charge < -0.3 is 14.8 Å². The van der Waals surface area contributed by atoms with Gasteiger partial charge in [-0.05, 0) is 42.7 Å². The summed E-state index contributed by atoms with van der Waals surface area (Å²) in [6.07, 6.45) is 0.944. The summed E-state index contributed by atoms with van der Waals surface area (Å²) in [6, 6.07) is 13.8. The highest BCUT2D eigenvalue weighted by atomic mass is 32.2. The predicted octanol–water partition coefficient (Wildman–Crippen LogP) is 4.20. The van der Waals surface area contributed by atoms with Gasteiger partial charge in [-0.15, -0.1) is 11.8 Å². The Morgan fingerprint density at radius 2 is 1.96 bits per heavy atom. The van der Waals surface area contributed by atoms with Gasteiger partial charge in [0, 0.05) is 11.4 Å². The highest BCUT2D eigenvalue weighted by Crippen LogP contribution is 2.28. The number of benzene rings is 2. The lowest BCUT2D eigenvalue weighted by Gasteiger charge is -2.12. The smallest absolute Gasteiger partial charge is 0.230 e. The van der Waals surface area contributed by atoms with Crippen LogP contribution < -0.4 is 14.8 Å². The van der Waals surface area contributed by atoms with Gasteiger partial charge in [-0.25, -0.2) is 0 Å². The van der Waals surface area contributed by atoms with Gasteiger partial charge in [0.25, 0.3) is 0 Å². The molecule has 0 saturated carbocycles. The van der Waals surface area contributed by atoms with Crippen molar-refractivity contribution in [2.24, 2.45) is 0 Å². The first-order valence-corrected chi connectivity index (χ1v) is 9.37. The van der Waals surface area contributed by atoms with Gasteiger partial charge in [0.15, 0.2) is 11.5 Å². The van der Waals surface area contributed by atoms with Crippen LogP contribution in [0.4, 0.5) is 0 Å². The molecule has 0 aliphatic rings. The van der Waals surface area contributed by atoms with E-state index in [9.17, 15) is 4.79 Å². The van der Waals surface area contributed by atoms with Crippen LogP contribution in [-0.2, 0) is 11.3 Å². The molecule has 4 nitrogen and oxygen atoms in total. The summed E-state index contributed by atoms with van der Waals surface area (Å²) in [5.74, 6) is 1.84. The Bertz CT molecular complexity index is 703. The third-order valence-electron chi connectivity index (χ3n) is 3.63. The van der Waals surface area contributed by atoms with Gasteiger partial charge in [-0.1, -0.05) is 31.2 Å². The Hall–Kier alpha value is -2.14. The number of hydrogen-bond donors (Lipinski definition) is 1. The fourth-order valence-electron chi connectivity index (χ4n) is 2.27. The third-order valence-corrected chi connectivity index (χ3v) is 4.81. The number of rotatable bonds is 9. The zero-order valence-corrected chi connectivity index (χ0v) is 15.8. The Labute approximate surface area is 153 Å². The van der Waals surface area contributed by atoms with E-state index in [4.69, 9.17) is 9.47 Å². The predicted molar refractivity (Wildman–Crippen MR) is 103 cm³/mol. The second-order valence-electron chi connectivity index (χ2n) is 5.66. The molecule has 0 aromatic heterocycles. The normalized spacial score (nSPS) is 10.4. The minimum absolute atomic E-state index is 0.0125. The molecule has 2 aromatic carbocycles. The van der Waals surface area contributed by atoms with E-state index in [1.807, 2.05) is 36.4 Å². The molecule has 0 heterocycles. The molecule has 2 aromatic rings. The Balaban J connectivity index is 1.85. The third kappa shape index (κ3) is 6.02. The number of ether oxygens (including phenoxy) is 2. The molecule has 25 heavy (non-hydrogen) atoms. The van der Waals surface area contributed by atoms with E-state index in [0.29, 0.717) is 24.7 Å². The number of nitrogens with one attached hydrogen (secondary N) is 1. The van der Waals surface area contributed by atoms with Crippen LogP contribution in [0.3, 0.4) is 0 Å². The van der Waals surface area contributed by atoms with Crippen LogP contribution in [0.2, 0.25) is 0 Å². The summed E-state index contributed by atoms with van der Waals surface area (Å²) in [5.41, 5.74) is 2.17. The first kappa shape index (κ1) is 19.2. The highest BCUT2D eigenvalue weighted by molar-refractivity contribution is 8.00. The zero-order chi connectivity index (χ0) is 18.1. The average molecular weight is 359 g/mol. The minimum atomic E-state index is 0.0125. The molecule has 0 saturated heterocycles. The molecule has 1 N–H and O–H groups in total. The summed E-state index contributed by atoms with van der Waals surface area (Å²) in [6.45, 7) is 5.24. The van der Waals surface area contributed by atoms with Gasteiger partial charge >= 0.3 is 0 Å². The van der Waals surface area contributed by atoms with Gasteiger partial charge in [0.1, 0.15) is 0 Å². The van der Waals surface area contributed by atoms with E-state index in [-0.39, 0.29) is 5.91 Å². The summed E-state index contributed by atoms with van der Waals surface area (Å²) in [5, 5.41) is 2.95. The SMILES string of the molecule is CCCOc1ccc(CNC(=O)CSc2ccccc2C)cc1OC. The first-order chi connectivity index (χ1) is 12.1. The van der Waals surface area contributed by atoms with E-state index >= 15 is 0 Å². The van der Waals surface area contributed by atoms with Crippen molar-refractivity contribution in [2.75, 3.05) is 19.5 Å². The molecule has 0 unspecified atom stereocenters. The van der Waals surface area contributed by atoms with Gasteiger partial charge in [-0.2, -0.15) is 0 Å². The lowest BCUT2D eigenvalue weighted by molar-refractivity contribution is -0.118. The standard InChI is InChI=1S/C20H25NO3S/c1-4-11-24-17-10-9-16(12-18(17)23-3)13-21-20(22)14-25-19-8-6-5-7-15(19)2/h5-10,12H,4,11,13-14H2,1-3H3,(H,21,22). The maximum absolute atomic E-state index is 12.1. The molecule has 0 aliphatic heterocycles. The minimum Gasteiger partial charge on any atom is -0.493 e. The van der Waals surface area contributed by atoms with Crippen LogP contribution in [0.5, 0.6) is 11.5 Å². The molecular weight excluding hydrogens is 334 g/mol. The van der Waals surface area contributed by atoms with Crippen molar-refractivity contribution in [3.63, 3.8) is 0 Å². The van der Waals surface area contributed by atoms with Crippen molar-refractivity contribution in [3.8, 4) is 11.5 Å². The number of carbonyl (C=O) groups excluding carboxylic acids is 1. The molecule has 0 fully saturated rings. The van der Waals surface area contributed by atoms with Crippen molar-refractivity contribution < 1.29 is 14.3 Å². The quantitative estimate of drug-likeness (QED) is 0.682. The summed E-state index contributed by atoms with van der Waals surface area (Å²) < 4.78 is 11.0.